The Bertz CT molecular complexity index is 1480. The molecular formula is C27H31ClN4O3S3. The second-order valence-electron chi connectivity index (χ2n) is 8.62. The Morgan fingerprint density at radius 3 is 2.26 bits per heavy atom. The maximum absolute atomic E-state index is 13.6. The second kappa shape index (κ2) is 12.9. The van der Waals surface area contributed by atoms with Gasteiger partial charge in [-0.05, 0) is 81.9 Å². The van der Waals surface area contributed by atoms with Crippen molar-refractivity contribution in [1.82, 2.24) is 9.88 Å². The van der Waals surface area contributed by atoms with E-state index in [4.69, 9.17) is 4.98 Å². The highest BCUT2D eigenvalue weighted by molar-refractivity contribution is 7.98. The van der Waals surface area contributed by atoms with E-state index in [2.05, 4.69) is 6.07 Å². The van der Waals surface area contributed by atoms with E-state index in [9.17, 15) is 13.2 Å². The number of hydrogen-bond donors (Lipinski definition) is 0. The van der Waals surface area contributed by atoms with Gasteiger partial charge in [-0.15, -0.1) is 24.2 Å². The van der Waals surface area contributed by atoms with Crippen LogP contribution >= 0.6 is 35.5 Å². The van der Waals surface area contributed by atoms with Gasteiger partial charge in [-0.25, -0.2) is 13.4 Å². The molecule has 0 atom stereocenters. The molecule has 0 spiro atoms. The van der Waals surface area contributed by atoms with Crippen molar-refractivity contribution in [3.63, 3.8) is 0 Å². The van der Waals surface area contributed by atoms with E-state index < -0.39 is 10.0 Å². The van der Waals surface area contributed by atoms with E-state index in [1.807, 2.05) is 55.6 Å². The molecule has 0 saturated carbocycles. The first-order chi connectivity index (χ1) is 17.7. The number of anilines is 2. The Morgan fingerprint density at radius 1 is 0.974 bits per heavy atom. The summed E-state index contributed by atoms with van der Waals surface area (Å²) in [6.07, 6.45) is 2.03. The number of fused-ring (bicyclic) bond motifs is 1. The number of carbonyl (C=O) groups excluding carboxylic acids is 1. The molecule has 7 nitrogen and oxygen atoms in total. The van der Waals surface area contributed by atoms with E-state index in [-0.39, 0.29) is 23.2 Å². The molecule has 1 amide bonds. The van der Waals surface area contributed by atoms with Gasteiger partial charge in [0.05, 0.1) is 20.8 Å². The first-order valence-electron chi connectivity index (χ1n) is 11.8. The summed E-state index contributed by atoms with van der Waals surface area (Å²) in [6.45, 7) is 3.21. The van der Waals surface area contributed by atoms with E-state index in [0.29, 0.717) is 36.0 Å². The summed E-state index contributed by atoms with van der Waals surface area (Å²) in [5.74, 6) is -0.217. The SMILES string of the molecule is CCN(c1ccccc1)S(=O)(=O)c1ccc(C(=O)N(CCN(C)C)c2nc3ccc(SC)cc3s2)cc1.Cl. The number of hydrogen-bond acceptors (Lipinski definition) is 7. The summed E-state index contributed by atoms with van der Waals surface area (Å²) < 4.78 is 29.1. The number of likely N-dealkylation sites (N-methyl/N-ethyl adjacent to an activating group) is 1. The van der Waals surface area contributed by atoms with Gasteiger partial charge in [0, 0.05) is 30.1 Å². The lowest BCUT2D eigenvalue weighted by atomic mass is 10.2. The molecular weight excluding hydrogens is 560 g/mol. The van der Waals surface area contributed by atoms with E-state index >= 15 is 0 Å². The van der Waals surface area contributed by atoms with Crippen LogP contribution in [0.5, 0.6) is 0 Å². The molecule has 38 heavy (non-hydrogen) atoms. The molecule has 202 valence electrons. The first-order valence-corrected chi connectivity index (χ1v) is 15.3. The Labute approximate surface area is 238 Å². The fourth-order valence-electron chi connectivity index (χ4n) is 3.86. The summed E-state index contributed by atoms with van der Waals surface area (Å²) in [4.78, 5) is 23.3. The number of aromatic nitrogens is 1. The fourth-order valence-corrected chi connectivity index (χ4v) is 6.87. The topological polar surface area (TPSA) is 73.8 Å². The van der Waals surface area contributed by atoms with Crippen LogP contribution < -0.4 is 9.21 Å². The molecule has 0 aliphatic carbocycles. The summed E-state index contributed by atoms with van der Waals surface area (Å²) in [7, 11) is 0.137. The van der Waals surface area contributed by atoms with Crippen molar-refractivity contribution in [1.29, 1.82) is 0 Å². The molecule has 0 aliphatic rings. The average molecular weight is 591 g/mol. The van der Waals surface area contributed by atoms with E-state index in [1.165, 1.54) is 27.8 Å². The Balaban J connectivity index is 0.00000400. The monoisotopic (exact) mass is 590 g/mol. The van der Waals surface area contributed by atoms with Gasteiger partial charge in [-0.2, -0.15) is 0 Å². The fraction of sp³-hybridized carbons (Fsp3) is 0.259. The van der Waals surface area contributed by atoms with Crippen molar-refractivity contribution < 1.29 is 13.2 Å². The number of para-hydroxylation sites is 1. The van der Waals surface area contributed by atoms with Crippen LogP contribution in [0.1, 0.15) is 17.3 Å². The second-order valence-corrected chi connectivity index (χ2v) is 12.4. The highest BCUT2D eigenvalue weighted by Gasteiger charge is 2.25. The maximum Gasteiger partial charge on any atom is 0.264 e. The number of sulfonamides is 1. The van der Waals surface area contributed by atoms with Crippen LogP contribution in [0.25, 0.3) is 10.2 Å². The predicted octanol–water partition coefficient (Wildman–Crippen LogP) is 5.86. The normalized spacial score (nSPS) is 11.4. The van der Waals surface area contributed by atoms with Crippen LogP contribution in [0.3, 0.4) is 0 Å². The van der Waals surface area contributed by atoms with Gasteiger partial charge in [0.25, 0.3) is 15.9 Å². The minimum atomic E-state index is -3.78. The standard InChI is InChI=1S/C27H30N4O3S3.ClH/c1-5-31(21-9-7-6-8-10-21)37(33,34)23-14-11-20(12-15-23)26(32)30(18-17-29(2)3)27-28-24-16-13-22(35-4)19-25(24)36-27;/h6-16,19H,5,17-18H2,1-4H3;1H. The van der Waals surface area contributed by atoms with Gasteiger partial charge in [-0.1, -0.05) is 29.5 Å². The number of halogens is 1. The van der Waals surface area contributed by atoms with Crippen LogP contribution in [0, 0.1) is 0 Å². The smallest absolute Gasteiger partial charge is 0.264 e. The Kier molecular flexibility index (Phi) is 10.2. The van der Waals surface area contributed by atoms with Gasteiger partial charge in [0.15, 0.2) is 5.13 Å². The van der Waals surface area contributed by atoms with Crippen LogP contribution in [0.15, 0.2) is 82.6 Å². The van der Waals surface area contributed by atoms with Crippen LogP contribution in [-0.4, -0.2) is 64.2 Å². The summed E-state index contributed by atoms with van der Waals surface area (Å²) in [6, 6.07) is 21.2. The minimum absolute atomic E-state index is 0. The average Bonchev–Trinajstić information content (AvgIpc) is 3.32. The van der Waals surface area contributed by atoms with Gasteiger partial charge in [0.2, 0.25) is 0 Å². The van der Waals surface area contributed by atoms with Gasteiger partial charge in [0.1, 0.15) is 0 Å². The third kappa shape index (κ3) is 6.50. The first kappa shape index (κ1) is 29.9. The number of amides is 1. The van der Waals surface area contributed by atoms with Crippen molar-refractivity contribution in [3.05, 3.63) is 78.4 Å². The lowest BCUT2D eigenvalue weighted by molar-refractivity contribution is 0.0985. The number of thiazole rings is 1. The van der Waals surface area contributed by atoms with E-state index in [1.54, 1.807) is 47.9 Å². The zero-order valence-corrected chi connectivity index (χ0v) is 25.0. The van der Waals surface area contributed by atoms with Gasteiger partial charge >= 0.3 is 0 Å². The molecule has 0 unspecified atom stereocenters. The largest absolute Gasteiger partial charge is 0.308 e. The predicted molar refractivity (Wildman–Crippen MR) is 162 cm³/mol. The number of benzene rings is 3. The summed E-state index contributed by atoms with van der Waals surface area (Å²) in [5.41, 5.74) is 1.85. The zero-order valence-electron chi connectivity index (χ0n) is 21.7. The van der Waals surface area contributed by atoms with Crippen LogP contribution in [0.2, 0.25) is 0 Å². The number of thioether (sulfide) groups is 1. The van der Waals surface area contributed by atoms with E-state index in [0.717, 1.165) is 15.1 Å². The molecule has 11 heteroatoms. The van der Waals surface area contributed by atoms with Crippen molar-refractivity contribution in [3.8, 4) is 0 Å². The molecule has 0 aliphatic heterocycles. The molecule has 0 N–H and O–H groups in total. The summed E-state index contributed by atoms with van der Waals surface area (Å²) >= 11 is 3.14. The Hall–Kier alpha value is -2.63. The van der Waals surface area contributed by atoms with Crippen molar-refractivity contribution in [2.45, 2.75) is 16.7 Å². The lowest BCUT2D eigenvalue weighted by Gasteiger charge is -2.24. The van der Waals surface area contributed by atoms with Crippen molar-refractivity contribution >= 4 is 72.5 Å². The zero-order chi connectivity index (χ0) is 26.6. The molecule has 1 aromatic heterocycles. The highest BCUT2D eigenvalue weighted by atomic mass is 35.5. The van der Waals surface area contributed by atoms with Crippen molar-refractivity contribution in [2.24, 2.45) is 0 Å². The number of nitrogens with zero attached hydrogens (tertiary/aromatic N) is 4. The number of rotatable bonds is 10. The van der Waals surface area contributed by atoms with Gasteiger partial charge < -0.3 is 4.90 Å². The number of carbonyl (C=O) groups is 1. The molecule has 3 aromatic carbocycles. The maximum atomic E-state index is 13.6. The third-order valence-electron chi connectivity index (χ3n) is 5.85. The molecule has 4 rings (SSSR count). The highest BCUT2D eigenvalue weighted by Crippen LogP contribution is 2.32. The molecule has 0 fully saturated rings. The molecule has 0 bridgehead atoms. The van der Waals surface area contributed by atoms with Crippen LogP contribution in [-0.2, 0) is 10.0 Å². The molecule has 1 heterocycles. The Morgan fingerprint density at radius 2 is 1.66 bits per heavy atom. The quantitative estimate of drug-likeness (QED) is 0.215. The molecule has 0 saturated heterocycles. The lowest BCUT2D eigenvalue weighted by Crippen LogP contribution is -2.36. The molecule has 4 aromatic rings. The third-order valence-corrected chi connectivity index (χ3v) is 9.54. The van der Waals surface area contributed by atoms with Crippen LogP contribution in [0.4, 0.5) is 10.8 Å². The minimum Gasteiger partial charge on any atom is -0.308 e. The summed E-state index contributed by atoms with van der Waals surface area (Å²) in [5, 5.41) is 0.623. The van der Waals surface area contributed by atoms with Crippen molar-refractivity contribution in [2.75, 3.05) is 49.2 Å². The molecule has 0 radical (unpaired) electrons. The van der Waals surface area contributed by atoms with Gasteiger partial charge in [-0.3, -0.25) is 14.0 Å².